The molecule has 14 heteroatoms. The number of nitrogens with two attached hydrogens (primary N) is 1. The van der Waals surface area contributed by atoms with Crippen LogP contribution in [0.5, 0.6) is 11.5 Å². The van der Waals surface area contributed by atoms with Gasteiger partial charge in [0.2, 0.25) is 5.91 Å². The van der Waals surface area contributed by atoms with Crippen molar-refractivity contribution in [3.8, 4) is 11.5 Å². The van der Waals surface area contributed by atoms with E-state index in [9.17, 15) is 29.0 Å². The number of hydrogen-bond donors (Lipinski definition) is 2. The lowest BCUT2D eigenvalue weighted by Crippen LogP contribution is -2.17. The number of ether oxygens (including phenoxy) is 2. The van der Waals surface area contributed by atoms with Crippen molar-refractivity contribution in [2.75, 3.05) is 24.3 Å². The van der Waals surface area contributed by atoms with Crippen molar-refractivity contribution >= 4 is 44.2 Å². The van der Waals surface area contributed by atoms with Gasteiger partial charge in [0, 0.05) is 28.8 Å². The average molecular weight is 566 g/mol. The van der Waals surface area contributed by atoms with Crippen LogP contribution in [0, 0.1) is 11.7 Å². The molecule has 4 rings (SSSR count). The van der Waals surface area contributed by atoms with E-state index in [1.807, 2.05) is 0 Å². The predicted octanol–water partition coefficient (Wildman–Crippen LogP) is 7.05. The van der Waals surface area contributed by atoms with Crippen molar-refractivity contribution in [2.45, 2.75) is 38.1 Å². The van der Waals surface area contributed by atoms with Gasteiger partial charge in [-0.3, -0.25) is 9.59 Å². The van der Waals surface area contributed by atoms with Crippen LogP contribution in [0.3, 0.4) is 0 Å². The van der Waals surface area contributed by atoms with Crippen LogP contribution in [-0.4, -0.2) is 29.5 Å². The fourth-order valence-corrected chi connectivity index (χ4v) is 4.63. The number of anilines is 2. The second-order valence-electron chi connectivity index (χ2n) is 8.89. The number of benzene rings is 2. The molecule has 1 aliphatic carbocycles. The smallest absolute Gasteiger partial charge is 0.310 e. The van der Waals surface area contributed by atoms with Gasteiger partial charge in [0.1, 0.15) is 10.7 Å². The van der Waals surface area contributed by atoms with Gasteiger partial charge in [-0.05, 0) is 51.0 Å². The minimum Gasteiger partial charge on any atom is -0.490 e. The summed E-state index contributed by atoms with van der Waals surface area (Å²) in [6.07, 6.45) is 2.33. The lowest BCUT2D eigenvalue weighted by Gasteiger charge is -2.40. The standard InChI is InChI=1S/C24H25F6N3O4S/c1-3-36-19-9-15-11-33(23(31)20(15)21(25)22(19)37-4-2)12-18(34)14-7-16(32-24(35)13-5-6-13)10-17(8-14)38(26,27,28,29)30/h7-11,13H,3-6,12,31H2,1-2H3,(H,32,35). The Hall–Kier alpha value is -3.55. The van der Waals surface area contributed by atoms with Gasteiger partial charge >= 0.3 is 10.2 Å². The summed E-state index contributed by atoms with van der Waals surface area (Å²) >= 11 is 0. The molecule has 0 saturated heterocycles. The van der Waals surface area contributed by atoms with Crippen molar-refractivity contribution in [1.82, 2.24) is 4.57 Å². The number of Topliss-reactive ketones (excluding diaryl/α,β-unsaturated/α-hetero) is 1. The fourth-order valence-electron chi connectivity index (χ4n) is 3.93. The molecule has 1 aromatic heterocycles. The summed E-state index contributed by atoms with van der Waals surface area (Å²) in [7, 11) is -10.2. The number of ketones is 1. The molecule has 0 radical (unpaired) electrons. The van der Waals surface area contributed by atoms with E-state index in [4.69, 9.17) is 15.2 Å². The SMILES string of the molecule is CCOc1cc2cn(CC(=O)c3cc(NC(=O)C4CC4)cc(S(F)(F)(F)(F)F)c3)c(N)c2c(F)c1OCC. The van der Waals surface area contributed by atoms with Crippen LogP contribution >= 0.6 is 10.2 Å². The van der Waals surface area contributed by atoms with Crippen molar-refractivity contribution < 1.29 is 42.9 Å². The normalized spacial score (nSPS) is 15.6. The summed E-state index contributed by atoms with van der Waals surface area (Å²) in [5.41, 5.74) is 4.74. The Kier molecular flexibility index (Phi) is 6.33. The van der Waals surface area contributed by atoms with E-state index in [0.717, 1.165) is 10.6 Å². The van der Waals surface area contributed by atoms with Crippen molar-refractivity contribution in [3.05, 3.63) is 41.8 Å². The van der Waals surface area contributed by atoms with Crippen LogP contribution in [0.4, 0.5) is 35.3 Å². The van der Waals surface area contributed by atoms with E-state index in [-0.39, 0.29) is 53.4 Å². The minimum atomic E-state index is -10.2. The third-order valence-corrected chi connectivity index (χ3v) is 7.00. The molecule has 38 heavy (non-hydrogen) atoms. The van der Waals surface area contributed by atoms with Crippen LogP contribution in [0.15, 0.2) is 35.4 Å². The molecule has 3 N–H and O–H groups in total. The lowest BCUT2D eigenvalue weighted by atomic mass is 10.1. The molecule has 1 aliphatic rings. The van der Waals surface area contributed by atoms with E-state index >= 15 is 4.39 Å². The van der Waals surface area contributed by atoms with Crippen LogP contribution in [0.25, 0.3) is 10.8 Å². The monoisotopic (exact) mass is 565 g/mol. The van der Waals surface area contributed by atoms with Crippen LogP contribution in [0.2, 0.25) is 0 Å². The van der Waals surface area contributed by atoms with Crippen molar-refractivity contribution in [1.29, 1.82) is 0 Å². The van der Waals surface area contributed by atoms with Crippen LogP contribution < -0.4 is 20.5 Å². The van der Waals surface area contributed by atoms with Gasteiger partial charge in [0.25, 0.3) is 0 Å². The van der Waals surface area contributed by atoms with Crippen LogP contribution in [0.1, 0.15) is 37.0 Å². The first-order valence-electron chi connectivity index (χ1n) is 11.6. The van der Waals surface area contributed by atoms with E-state index in [0.29, 0.717) is 12.8 Å². The summed E-state index contributed by atoms with van der Waals surface area (Å²) < 4.78 is 95.3. The molecule has 0 unspecified atom stereocenters. The second-order valence-corrected chi connectivity index (χ2v) is 11.3. The van der Waals surface area contributed by atoms with Crippen molar-refractivity contribution in [2.24, 2.45) is 5.92 Å². The molecule has 0 spiro atoms. The van der Waals surface area contributed by atoms with Crippen molar-refractivity contribution in [3.63, 3.8) is 0 Å². The molecule has 1 amide bonds. The number of aromatic nitrogens is 1. The van der Waals surface area contributed by atoms with Gasteiger partial charge in [-0.2, -0.15) is 0 Å². The number of nitrogens with zero attached hydrogens (tertiary/aromatic N) is 1. The number of carbonyl (C=O) groups excluding carboxylic acids is 2. The highest BCUT2D eigenvalue weighted by Gasteiger charge is 2.65. The number of hydrogen-bond acceptors (Lipinski definition) is 5. The zero-order valence-electron chi connectivity index (χ0n) is 20.3. The topological polar surface area (TPSA) is 95.6 Å². The summed E-state index contributed by atoms with van der Waals surface area (Å²) in [4.78, 5) is 22.7. The molecule has 1 saturated carbocycles. The molecule has 2 aromatic carbocycles. The van der Waals surface area contributed by atoms with E-state index in [2.05, 4.69) is 5.32 Å². The molecular weight excluding hydrogens is 540 g/mol. The maximum absolute atomic E-state index is 15.3. The van der Waals surface area contributed by atoms with Gasteiger partial charge in [-0.1, -0.05) is 19.4 Å². The lowest BCUT2D eigenvalue weighted by molar-refractivity contribution is -0.117. The Morgan fingerprint density at radius 1 is 1.05 bits per heavy atom. The number of rotatable bonds is 10. The molecule has 7 nitrogen and oxygen atoms in total. The predicted molar refractivity (Wildman–Crippen MR) is 132 cm³/mol. The molecule has 3 aromatic rings. The Bertz CT molecular complexity index is 1450. The van der Waals surface area contributed by atoms with Crippen LogP contribution in [-0.2, 0) is 11.3 Å². The summed E-state index contributed by atoms with van der Waals surface area (Å²) in [6, 6.07) is 2.47. The molecular formula is C24H25F6N3O4S. The van der Waals surface area contributed by atoms with Gasteiger partial charge in [-0.15, -0.1) is 0 Å². The molecule has 1 fully saturated rings. The summed E-state index contributed by atoms with van der Waals surface area (Å²) in [6.45, 7) is 2.92. The zero-order chi connectivity index (χ0) is 28.1. The van der Waals surface area contributed by atoms with Gasteiger partial charge in [0.15, 0.2) is 23.1 Å². The number of amides is 1. The molecule has 0 aliphatic heterocycles. The van der Waals surface area contributed by atoms with E-state index < -0.39 is 56.3 Å². The summed E-state index contributed by atoms with van der Waals surface area (Å²) in [5, 5.41) is 2.28. The number of nitrogen functional groups attached to an aromatic ring is 1. The van der Waals surface area contributed by atoms with Gasteiger partial charge < -0.3 is 25.1 Å². The Balaban J connectivity index is 1.74. The van der Waals surface area contributed by atoms with E-state index in [1.54, 1.807) is 13.8 Å². The Morgan fingerprint density at radius 2 is 1.71 bits per heavy atom. The quantitative estimate of drug-likeness (QED) is 0.203. The number of halogens is 6. The average Bonchev–Trinajstić information content (AvgIpc) is 3.60. The highest BCUT2D eigenvalue weighted by atomic mass is 32.5. The second kappa shape index (κ2) is 8.75. The molecule has 208 valence electrons. The third-order valence-electron chi connectivity index (χ3n) is 5.87. The highest BCUT2D eigenvalue weighted by molar-refractivity contribution is 8.45. The number of fused-ring (bicyclic) bond motifs is 1. The number of carbonyl (C=O) groups is 2. The first kappa shape index (κ1) is 27.5. The fraction of sp³-hybridized carbons (Fsp3) is 0.333. The first-order valence-corrected chi connectivity index (χ1v) is 13.6. The maximum Gasteiger partial charge on any atom is 0.310 e. The third kappa shape index (κ3) is 5.64. The molecule has 0 atom stereocenters. The molecule has 0 bridgehead atoms. The van der Waals surface area contributed by atoms with Gasteiger partial charge in [0.05, 0.1) is 25.1 Å². The van der Waals surface area contributed by atoms with Gasteiger partial charge in [-0.25, -0.2) is 4.39 Å². The number of nitrogens with one attached hydrogen (secondary N) is 1. The maximum atomic E-state index is 15.3. The Morgan fingerprint density at radius 3 is 2.29 bits per heavy atom. The largest absolute Gasteiger partial charge is 0.490 e. The zero-order valence-corrected chi connectivity index (χ0v) is 21.1. The Labute approximate surface area is 213 Å². The minimum absolute atomic E-state index is 0.0387. The summed E-state index contributed by atoms with van der Waals surface area (Å²) in [5.74, 6) is -3.29. The highest BCUT2D eigenvalue weighted by Crippen LogP contribution is 3.02. The van der Waals surface area contributed by atoms with E-state index in [1.165, 1.54) is 12.3 Å². The molecule has 1 heterocycles. The first-order chi connectivity index (χ1) is 17.5.